The van der Waals surface area contributed by atoms with E-state index < -0.39 is 24.1 Å². The van der Waals surface area contributed by atoms with Crippen LogP contribution in [0.5, 0.6) is 0 Å². The lowest BCUT2D eigenvalue weighted by Crippen LogP contribution is -2.32. The number of carbonyl (C=O) groups is 2. The SMILES string of the molecule is Cc1ccc(C(=O)OC[C@H]2O[C@@H](n3ccc4cnccc43)C[C@@H]2OC(=O)c2ccc(C)cc2)cc1. The molecule has 1 fully saturated rings. The van der Waals surface area contributed by atoms with Crippen molar-refractivity contribution in [3.63, 3.8) is 0 Å². The minimum atomic E-state index is -0.608. The van der Waals surface area contributed by atoms with E-state index in [9.17, 15) is 9.59 Å². The minimum absolute atomic E-state index is 0.0319. The highest BCUT2D eigenvalue weighted by molar-refractivity contribution is 5.90. The molecular weight excluding hydrogens is 444 g/mol. The lowest BCUT2D eigenvalue weighted by atomic mass is 10.1. The van der Waals surface area contributed by atoms with Crippen molar-refractivity contribution in [3.05, 3.63) is 102 Å². The van der Waals surface area contributed by atoms with Gasteiger partial charge in [-0.05, 0) is 50.2 Å². The molecule has 0 amide bonds. The number of aromatic nitrogens is 2. The first-order valence-corrected chi connectivity index (χ1v) is 11.6. The zero-order valence-electron chi connectivity index (χ0n) is 19.6. The van der Waals surface area contributed by atoms with E-state index in [4.69, 9.17) is 14.2 Å². The summed E-state index contributed by atoms with van der Waals surface area (Å²) in [5.74, 6) is -0.881. The molecule has 1 aliphatic heterocycles. The topological polar surface area (TPSA) is 79.7 Å². The van der Waals surface area contributed by atoms with Crippen LogP contribution in [-0.4, -0.2) is 40.3 Å². The quantitative estimate of drug-likeness (QED) is 0.368. The molecule has 1 saturated heterocycles. The summed E-state index contributed by atoms with van der Waals surface area (Å²) in [6.07, 6.45) is 4.29. The van der Waals surface area contributed by atoms with Crippen molar-refractivity contribution in [3.8, 4) is 0 Å². The van der Waals surface area contributed by atoms with Crippen LogP contribution in [0.25, 0.3) is 10.9 Å². The fourth-order valence-electron chi connectivity index (χ4n) is 4.23. The average molecular weight is 471 g/mol. The third kappa shape index (κ3) is 4.95. The molecule has 2 aromatic heterocycles. The van der Waals surface area contributed by atoms with Gasteiger partial charge in [0, 0.05) is 30.4 Å². The molecule has 0 saturated carbocycles. The van der Waals surface area contributed by atoms with Crippen molar-refractivity contribution in [2.75, 3.05) is 6.61 Å². The van der Waals surface area contributed by atoms with Crippen molar-refractivity contribution in [1.29, 1.82) is 0 Å². The number of pyridine rings is 1. The molecule has 3 heterocycles. The number of carbonyl (C=O) groups excluding carboxylic acids is 2. The van der Waals surface area contributed by atoms with Crippen molar-refractivity contribution < 1.29 is 23.8 Å². The number of hydrogen-bond donors (Lipinski definition) is 0. The normalized spacial score (nSPS) is 19.5. The molecule has 1 aliphatic rings. The molecule has 4 aromatic rings. The van der Waals surface area contributed by atoms with Gasteiger partial charge in [-0.25, -0.2) is 9.59 Å². The maximum absolute atomic E-state index is 12.9. The van der Waals surface area contributed by atoms with Gasteiger partial charge in [0.15, 0.2) is 0 Å². The highest BCUT2D eigenvalue weighted by Gasteiger charge is 2.40. The van der Waals surface area contributed by atoms with Crippen molar-refractivity contribution in [2.24, 2.45) is 0 Å². The first kappa shape index (κ1) is 22.8. The van der Waals surface area contributed by atoms with E-state index in [1.807, 2.05) is 61.0 Å². The van der Waals surface area contributed by atoms with Crippen LogP contribution in [0.3, 0.4) is 0 Å². The van der Waals surface area contributed by atoms with Gasteiger partial charge in [-0.15, -0.1) is 0 Å². The van der Waals surface area contributed by atoms with E-state index in [1.165, 1.54) is 0 Å². The second-order valence-corrected chi connectivity index (χ2v) is 8.80. The Kier molecular flexibility index (Phi) is 6.33. The average Bonchev–Trinajstić information content (AvgIpc) is 3.47. The summed E-state index contributed by atoms with van der Waals surface area (Å²) in [5, 5.41) is 0.985. The number of hydrogen-bond acceptors (Lipinski definition) is 6. The number of rotatable bonds is 6. The first-order chi connectivity index (χ1) is 17.0. The van der Waals surface area contributed by atoms with Gasteiger partial charge >= 0.3 is 11.9 Å². The number of esters is 2. The Morgan fingerprint density at radius 2 is 1.60 bits per heavy atom. The van der Waals surface area contributed by atoms with Gasteiger partial charge in [0.05, 0.1) is 16.6 Å². The summed E-state index contributed by atoms with van der Waals surface area (Å²) >= 11 is 0. The molecule has 35 heavy (non-hydrogen) atoms. The Hall–Kier alpha value is -3.97. The monoisotopic (exact) mass is 470 g/mol. The van der Waals surface area contributed by atoms with E-state index in [0.717, 1.165) is 22.0 Å². The molecule has 0 aliphatic carbocycles. The van der Waals surface area contributed by atoms with E-state index in [2.05, 4.69) is 4.98 Å². The smallest absolute Gasteiger partial charge is 0.338 e. The van der Waals surface area contributed by atoms with Gasteiger partial charge < -0.3 is 18.8 Å². The largest absolute Gasteiger partial charge is 0.459 e. The lowest BCUT2D eigenvalue weighted by molar-refractivity contribution is -0.0561. The number of ether oxygens (including phenoxy) is 3. The molecule has 0 bridgehead atoms. The number of aryl methyl sites for hydroxylation is 2. The van der Waals surface area contributed by atoms with Gasteiger partial charge in [-0.2, -0.15) is 0 Å². The Balaban J connectivity index is 1.34. The van der Waals surface area contributed by atoms with Crippen LogP contribution in [-0.2, 0) is 14.2 Å². The van der Waals surface area contributed by atoms with Crippen molar-refractivity contribution >= 4 is 22.8 Å². The first-order valence-electron chi connectivity index (χ1n) is 11.6. The Morgan fingerprint density at radius 1 is 0.943 bits per heavy atom. The second-order valence-electron chi connectivity index (χ2n) is 8.80. The van der Waals surface area contributed by atoms with Crippen LogP contribution in [0.4, 0.5) is 0 Å². The number of benzene rings is 2. The third-order valence-corrected chi connectivity index (χ3v) is 6.22. The second kappa shape index (κ2) is 9.72. The molecule has 178 valence electrons. The molecule has 7 heteroatoms. The zero-order valence-corrected chi connectivity index (χ0v) is 19.6. The Bertz CT molecular complexity index is 1340. The summed E-state index contributed by atoms with van der Waals surface area (Å²) in [4.78, 5) is 29.6. The number of fused-ring (bicyclic) bond motifs is 1. The molecule has 2 aromatic carbocycles. The van der Waals surface area contributed by atoms with Crippen molar-refractivity contribution in [1.82, 2.24) is 9.55 Å². The fourth-order valence-corrected chi connectivity index (χ4v) is 4.23. The van der Waals surface area contributed by atoms with Crippen LogP contribution >= 0.6 is 0 Å². The highest BCUT2D eigenvalue weighted by atomic mass is 16.6. The number of nitrogens with zero attached hydrogens (tertiary/aromatic N) is 2. The van der Waals surface area contributed by atoms with Gasteiger partial charge in [0.25, 0.3) is 0 Å². The molecular formula is C28H26N2O5. The molecule has 0 unspecified atom stereocenters. The molecule has 0 spiro atoms. The standard InChI is InChI=1S/C28H26N2O5/c1-18-3-7-20(8-4-18)27(31)33-17-25-24(35-28(32)21-9-5-19(2)6-10-21)15-26(34-25)30-14-12-22-16-29-13-11-23(22)30/h3-14,16,24-26H,15,17H2,1-2H3/t24-,25+,26+/m0/s1. The molecule has 0 N–H and O–H groups in total. The third-order valence-electron chi connectivity index (χ3n) is 6.22. The van der Waals surface area contributed by atoms with Crippen LogP contribution in [0.2, 0.25) is 0 Å². The fraction of sp³-hybridized carbons (Fsp3) is 0.250. The van der Waals surface area contributed by atoms with Gasteiger partial charge in [0.1, 0.15) is 25.0 Å². The van der Waals surface area contributed by atoms with Crippen LogP contribution in [0.15, 0.2) is 79.3 Å². The van der Waals surface area contributed by atoms with Crippen molar-refractivity contribution in [2.45, 2.75) is 38.7 Å². The predicted molar refractivity (Wildman–Crippen MR) is 130 cm³/mol. The lowest BCUT2D eigenvalue weighted by Gasteiger charge is -2.19. The molecule has 3 atom stereocenters. The van der Waals surface area contributed by atoms with Crippen LogP contribution in [0.1, 0.15) is 44.5 Å². The minimum Gasteiger partial charge on any atom is -0.459 e. The van der Waals surface area contributed by atoms with E-state index in [0.29, 0.717) is 17.5 Å². The van der Waals surface area contributed by atoms with Gasteiger partial charge in [-0.1, -0.05) is 35.4 Å². The summed E-state index contributed by atoms with van der Waals surface area (Å²) in [6.45, 7) is 3.88. The summed E-state index contributed by atoms with van der Waals surface area (Å²) in [5.41, 5.74) is 4.00. The van der Waals surface area contributed by atoms with Gasteiger partial charge in [-0.3, -0.25) is 4.98 Å². The Labute approximate surface area is 203 Å². The van der Waals surface area contributed by atoms with Crippen LogP contribution < -0.4 is 0 Å². The van der Waals surface area contributed by atoms with Crippen LogP contribution in [0, 0.1) is 13.8 Å². The van der Waals surface area contributed by atoms with E-state index in [1.54, 1.807) is 36.7 Å². The molecule has 0 radical (unpaired) electrons. The van der Waals surface area contributed by atoms with E-state index >= 15 is 0 Å². The Morgan fingerprint density at radius 3 is 2.29 bits per heavy atom. The molecule has 5 rings (SSSR count). The van der Waals surface area contributed by atoms with Gasteiger partial charge in [0.2, 0.25) is 0 Å². The summed E-state index contributed by atoms with van der Waals surface area (Å²) in [7, 11) is 0. The maximum atomic E-state index is 12.9. The predicted octanol–water partition coefficient (Wildman–Crippen LogP) is 5.02. The molecule has 7 nitrogen and oxygen atoms in total. The zero-order chi connectivity index (χ0) is 24.4. The van der Waals surface area contributed by atoms with E-state index in [-0.39, 0.29) is 12.8 Å². The summed E-state index contributed by atoms with van der Waals surface area (Å²) in [6, 6.07) is 18.3. The summed E-state index contributed by atoms with van der Waals surface area (Å²) < 4.78 is 19.7. The maximum Gasteiger partial charge on any atom is 0.338 e. The highest BCUT2D eigenvalue weighted by Crippen LogP contribution is 2.34.